The number of aliphatic imine (C=N–C) groups is 2. The van der Waals surface area contributed by atoms with Gasteiger partial charge in [-0.2, -0.15) is 0 Å². The van der Waals surface area contributed by atoms with E-state index in [1.807, 2.05) is 0 Å². The Morgan fingerprint density at radius 2 is 0.891 bits per heavy atom. The number of benzene rings is 1. The SMILES string of the molecule is CC(C)(C)OC(=O)/N=C(/NCc1cc(CN/C(=N/C(=O)OC(C)(C)C)NC(=O)OC(C)(C)C)cc(N=O)c1)NC(=O)OC(C)(C)C. The van der Waals surface area contributed by atoms with E-state index in [9.17, 15) is 24.1 Å². The second-order valence-electron chi connectivity index (χ2n) is 13.9. The van der Waals surface area contributed by atoms with Gasteiger partial charge in [0.15, 0.2) is 0 Å². The molecule has 46 heavy (non-hydrogen) atoms. The molecule has 1 aromatic rings. The molecule has 4 N–H and O–H groups in total. The second kappa shape index (κ2) is 16.0. The van der Waals surface area contributed by atoms with Gasteiger partial charge in [0.05, 0.1) is 0 Å². The maximum Gasteiger partial charge on any atom is 0.437 e. The van der Waals surface area contributed by atoms with E-state index in [1.54, 1.807) is 89.2 Å². The number of hydrogen-bond acceptors (Lipinski definition) is 10. The Balaban J connectivity index is 3.25. The van der Waals surface area contributed by atoms with Crippen molar-refractivity contribution in [1.82, 2.24) is 21.3 Å². The maximum absolute atomic E-state index is 12.4. The smallest absolute Gasteiger partial charge is 0.437 e. The van der Waals surface area contributed by atoms with Crippen LogP contribution in [0.25, 0.3) is 0 Å². The monoisotopic (exact) mass is 649 g/mol. The molecule has 0 saturated carbocycles. The van der Waals surface area contributed by atoms with E-state index < -0.39 is 46.8 Å². The molecule has 0 atom stereocenters. The van der Waals surface area contributed by atoms with Crippen LogP contribution in [-0.2, 0) is 32.0 Å². The van der Waals surface area contributed by atoms with Crippen LogP contribution in [0.3, 0.4) is 0 Å². The summed E-state index contributed by atoms with van der Waals surface area (Å²) in [6, 6.07) is 4.60. The first-order valence-corrected chi connectivity index (χ1v) is 14.4. The van der Waals surface area contributed by atoms with Gasteiger partial charge in [0.25, 0.3) is 0 Å². The fraction of sp³-hybridized carbons (Fsp3) is 0.600. The molecule has 0 aliphatic heterocycles. The van der Waals surface area contributed by atoms with E-state index in [1.165, 1.54) is 12.1 Å². The van der Waals surface area contributed by atoms with Crippen molar-refractivity contribution < 1.29 is 38.1 Å². The Bertz CT molecular complexity index is 1240. The molecule has 0 bridgehead atoms. The highest BCUT2D eigenvalue weighted by molar-refractivity contribution is 5.99. The molecule has 0 aliphatic rings. The molecule has 16 heteroatoms. The molecule has 0 aliphatic carbocycles. The zero-order valence-electron chi connectivity index (χ0n) is 28.7. The molecule has 1 rings (SSSR count). The largest absolute Gasteiger partial charge is 0.444 e. The average molecular weight is 650 g/mol. The Morgan fingerprint density at radius 3 is 1.17 bits per heavy atom. The third kappa shape index (κ3) is 18.8. The maximum atomic E-state index is 12.4. The number of carbonyl (C=O) groups is 4. The molecular weight excluding hydrogens is 602 g/mol. The van der Waals surface area contributed by atoms with Gasteiger partial charge < -0.3 is 29.6 Å². The van der Waals surface area contributed by atoms with Gasteiger partial charge in [-0.3, -0.25) is 10.6 Å². The van der Waals surface area contributed by atoms with E-state index >= 15 is 0 Å². The number of ether oxygens (including phenoxy) is 4. The highest BCUT2D eigenvalue weighted by Gasteiger charge is 2.22. The van der Waals surface area contributed by atoms with Crippen LogP contribution >= 0.6 is 0 Å². The Labute approximate surface area is 269 Å². The topological polar surface area (TPSA) is 207 Å². The molecule has 0 heterocycles. The molecule has 0 fully saturated rings. The number of hydrogen-bond donors (Lipinski definition) is 4. The van der Waals surface area contributed by atoms with Crippen molar-refractivity contribution in [2.75, 3.05) is 0 Å². The van der Waals surface area contributed by atoms with Crippen molar-refractivity contribution in [2.45, 2.75) is 119 Å². The van der Waals surface area contributed by atoms with Gasteiger partial charge in [-0.15, -0.1) is 14.9 Å². The predicted molar refractivity (Wildman–Crippen MR) is 172 cm³/mol. The van der Waals surface area contributed by atoms with Crippen molar-refractivity contribution in [3.05, 3.63) is 34.2 Å². The normalized spacial score (nSPS) is 12.8. The third-order valence-corrected chi connectivity index (χ3v) is 4.49. The highest BCUT2D eigenvalue weighted by Crippen LogP contribution is 2.18. The van der Waals surface area contributed by atoms with Gasteiger partial charge in [0, 0.05) is 13.1 Å². The summed E-state index contributed by atoms with van der Waals surface area (Å²) in [7, 11) is 0. The van der Waals surface area contributed by atoms with Crippen LogP contribution in [0, 0.1) is 4.91 Å². The van der Waals surface area contributed by atoms with Crippen LogP contribution in [0.2, 0.25) is 0 Å². The summed E-state index contributed by atoms with van der Waals surface area (Å²) in [6.07, 6.45) is -3.67. The molecule has 0 radical (unpaired) electrons. The molecule has 0 unspecified atom stereocenters. The van der Waals surface area contributed by atoms with Crippen molar-refractivity contribution in [3.8, 4) is 0 Å². The molecule has 0 saturated heterocycles. The van der Waals surface area contributed by atoms with Gasteiger partial charge in [-0.05, 0) is 112 Å². The summed E-state index contributed by atoms with van der Waals surface area (Å²) in [5.41, 5.74) is -2.30. The number of nitroso groups, excluding NO2 is 1. The van der Waals surface area contributed by atoms with Crippen molar-refractivity contribution in [1.29, 1.82) is 0 Å². The first kappa shape index (κ1) is 39.3. The Hall–Kier alpha value is -4.76. The summed E-state index contributed by atoms with van der Waals surface area (Å²) < 4.78 is 20.9. The van der Waals surface area contributed by atoms with Crippen LogP contribution in [0.1, 0.15) is 94.2 Å². The summed E-state index contributed by atoms with van der Waals surface area (Å²) in [5.74, 6) is -0.526. The van der Waals surface area contributed by atoms with E-state index in [0.29, 0.717) is 11.1 Å². The van der Waals surface area contributed by atoms with Crippen LogP contribution in [0.15, 0.2) is 33.4 Å². The van der Waals surface area contributed by atoms with Crippen molar-refractivity contribution in [3.63, 3.8) is 0 Å². The molecule has 0 aromatic heterocycles. The lowest BCUT2D eigenvalue weighted by molar-refractivity contribution is 0.0542. The van der Waals surface area contributed by atoms with Crippen molar-refractivity contribution in [2.24, 2.45) is 15.2 Å². The van der Waals surface area contributed by atoms with Crippen molar-refractivity contribution >= 4 is 42.0 Å². The lowest BCUT2D eigenvalue weighted by Gasteiger charge is -2.21. The standard InChI is InChI=1S/C30H47N7O9/c1-27(2,3)43-23(38)33-21(34-24(39)44-28(4,5)6)31-16-18-13-19(15-20(14-18)37-42)17-32-22(35-25(40)45-29(7,8)9)36-26(41)46-30(10,11)12/h13-15H,16-17H2,1-12H3,(H2,31,33,34,38,39)(H2,32,35,36,40,41). The molecule has 1 aromatic carbocycles. The second-order valence-corrected chi connectivity index (χ2v) is 13.9. The third-order valence-electron chi connectivity index (χ3n) is 4.49. The van der Waals surface area contributed by atoms with Gasteiger partial charge in [0.1, 0.15) is 28.1 Å². The Kier molecular flexibility index (Phi) is 13.7. The molecule has 256 valence electrons. The summed E-state index contributed by atoms with van der Waals surface area (Å²) in [5, 5.41) is 13.4. The lowest BCUT2D eigenvalue weighted by atomic mass is 10.1. The minimum Gasteiger partial charge on any atom is -0.444 e. The molecule has 16 nitrogen and oxygen atoms in total. The average Bonchev–Trinajstić information content (AvgIpc) is 2.81. The van der Waals surface area contributed by atoms with Crippen LogP contribution in [0.5, 0.6) is 0 Å². The predicted octanol–water partition coefficient (Wildman–Crippen LogP) is 5.90. The van der Waals surface area contributed by atoms with Gasteiger partial charge in [-0.1, -0.05) is 6.07 Å². The van der Waals surface area contributed by atoms with E-state index in [0.717, 1.165) is 0 Å². The van der Waals surface area contributed by atoms with Gasteiger partial charge in [-0.25, -0.2) is 19.2 Å². The van der Waals surface area contributed by atoms with Gasteiger partial charge in [0.2, 0.25) is 11.9 Å². The summed E-state index contributed by atoms with van der Waals surface area (Å²) in [6.45, 7) is 19.9. The number of nitrogens with one attached hydrogen (secondary N) is 4. The van der Waals surface area contributed by atoms with Crippen LogP contribution in [0.4, 0.5) is 24.9 Å². The first-order valence-electron chi connectivity index (χ1n) is 14.4. The van der Waals surface area contributed by atoms with E-state index in [4.69, 9.17) is 18.9 Å². The number of nitrogens with zero attached hydrogens (tertiary/aromatic N) is 3. The number of amides is 4. The number of carbonyl (C=O) groups excluding carboxylic acids is 4. The minimum atomic E-state index is -0.964. The fourth-order valence-electron chi connectivity index (χ4n) is 3.15. The number of guanidine groups is 2. The molecule has 0 spiro atoms. The summed E-state index contributed by atoms with van der Waals surface area (Å²) >= 11 is 0. The Morgan fingerprint density at radius 1 is 0.565 bits per heavy atom. The summed E-state index contributed by atoms with van der Waals surface area (Å²) in [4.78, 5) is 68.6. The number of alkyl carbamates (subject to hydrolysis) is 2. The van der Waals surface area contributed by atoms with E-state index in [-0.39, 0.29) is 30.7 Å². The molecular formula is C30H47N7O9. The van der Waals surface area contributed by atoms with Crippen LogP contribution in [-0.4, -0.2) is 58.7 Å². The first-order chi connectivity index (χ1) is 20.8. The zero-order valence-corrected chi connectivity index (χ0v) is 28.7. The quantitative estimate of drug-likeness (QED) is 0.128. The minimum absolute atomic E-state index is 0.0389. The number of rotatable bonds is 5. The lowest BCUT2D eigenvalue weighted by Crippen LogP contribution is -2.44. The zero-order chi connectivity index (χ0) is 35.5. The molecule has 4 amide bonds. The van der Waals surface area contributed by atoms with E-state index in [2.05, 4.69) is 36.4 Å². The van der Waals surface area contributed by atoms with Crippen LogP contribution < -0.4 is 21.3 Å². The highest BCUT2D eigenvalue weighted by atomic mass is 16.6. The fourth-order valence-corrected chi connectivity index (χ4v) is 3.15. The van der Waals surface area contributed by atoms with Gasteiger partial charge >= 0.3 is 24.4 Å².